The van der Waals surface area contributed by atoms with Crippen molar-refractivity contribution in [2.24, 2.45) is 0 Å². The molecule has 1 fully saturated rings. The van der Waals surface area contributed by atoms with Crippen molar-refractivity contribution in [3.8, 4) is 23.1 Å². The van der Waals surface area contributed by atoms with E-state index < -0.39 is 17.8 Å². The third-order valence-corrected chi connectivity index (χ3v) is 7.25. The van der Waals surface area contributed by atoms with Gasteiger partial charge in [0.2, 0.25) is 24.4 Å². The second-order valence-corrected chi connectivity index (χ2v) is 10.2. The van der Waals surface area contributed by atoms with Crippen molar-refractivity contribution in [3.63, 3.8) is 0 Å². The van der Waals surface area contributed by atoms with Crippen LogP contribution in [-0.2, 0) is 22.7 Å². The SMILES string of the molecule is Cc1ccc(-c2nnn(CC(=O)N(Cc3ccc4c(c3)OCO4)[C@@H](C(=O)NC3CCCC3)c3ccc(F)cc3)n2)o1. The third-order valence-electron chi connectivity index (χ3n) is 7.25. The van der Waals surface area contributed by atoms with E-state index in [1.54, 1.807) is 31.2 Å². The van der Waals surface area contributed by atoms with Crippen LogP contribution in [0.3, 0.4) is 0 Å². The number of nitrogens with one attached hydrogen (secondary N) is 1. The lowest BCUT2D eigenvalue weighted by atomic mass is 10.0. The van der Waals surface area contributed by atoms with Crippen LogP contribution in [0.15, 0.2) is 59.0 Å². The number of hydrogen-bond donors (Lipinski definition) is 1. The number of fused-ring (bicyclic) bond motifs is 1. The minimum Gasteiger partial charge on any atom is -0.458 e. The number of carbonyl (C=O) groups is 2. The molecule has 11 nitrogen and oxygen atoms in total. The molecule has 0 saturated heterocycles. The first-order valence-electron chi connectivity index (χ1n) is 13.5. The Labute approximate surface area is 235 Å². The summed E-state index contributed by atoms with van der Waals surface area (Å²) in [5.74, 6) is 1.31. The van der Waals surface area contributed by atoms with Gasteiger partial charge in [-0.25, -0.2) is 4.39 Å². The lowest BCUT2D eigenvalue weighted by Crippen LogP contribution is -2.46. The highest BCUT2D eigenvalue weighted by molar-refractivity contribution is 5.89. The number of nitrogens with zero attached hydrogens (tertiary/aromatic N) is 5. The molecule has 1 N–H and O–H groups in total. The summed E-state index contributed by atoms with van der Waals surface area (Å²) in [6.07, 6.45) is 3.80. The smallest absolute Gasteiger partial charge is 0.247 e. The van der Waals surface area contributed by atoms with Crippen LogP contribution in [0, 0.1) is 12.7 Å². The Bertz CT molecular complexity index is 1550. The van der Waals surface area contributed by atoms with Crippen molar-refractivity contribution < 1.29 is 27.9 Å². The second kappa shape index (κ2) is 11.4. The number of carbonyl (C=O) groups excluding carboxylic acids is 2. The number of aromatic nitrogens is 4. The number of tetrazole rings is 1. The molecule has 1 saturated carbocycles. The van der Waals surface area contributed by atoms with Crippen LogP contribution in [0.4, 0.5) is 4.39 Å². The number of benzene rings is 2. The van der Waals surface area contributed by atoms with E-state index in [4.69, 9.17) is 13.9 Å². The van der Waals surface area contributed by atoms with Crippen LogP contribution >= 0.6 is 0 Å². The molecule has 4 aromatic rings. The van der Waals surface area contributed by atoms with Crippen LogP contribution in [-0.4, -0.2) is 49.8 Å². The molecular formula is C29H29FN6O5. The van der Waals surface area contributed by atoms with Gasteiger partial charge in [0, 0.05) is 12.6 Å². The molecule has 2 amide bonds. The number of rotatable bonds is 9. The Kier molecular flexibility index (Phi) is 7.36. The maximum absolute atomic E-state index is 14.0. The van der Waals surface area contributed by atoms with E-state index in [2.05, 4.69) is 20.7 Å². The summed E-state index contributed by atoms with van der Waals surface area (Å²) in [6.45, 7) is 1.69. The topological polar surface area (TPSA) is 125 Å². The van der Waals surface area contributed by atoms with Gasteiger partial charge in [-0.1, -0.05) is 31.0 Å². The minimum absolute atomic E-state index is 0.0178. The van der Waals surface area contributed by atoms with Crippen molar-refractivity contribution in [2.45, 2.75) is 57.8 Å². The van der Waals surface area contributed by atoms with Gasteiger partial charge in [-0.05, 0) is 72.5 Å². The fraction of sp³-hybridized carbons (Fsp3) is 0.345. The van der Waals surface area contributed by atoms with Crippen LogP contribution in [0.2, 0.25) is 0 Å². The molecule has 0 radical (unpaired) electrons. The zero-order valence-corrected chi connectivity index (χ0v) is 22.5. The quantitative estimate of drug-likeness (QED) is 0.327. The summed E-state index contributed by atoms with van der Waals surface area (Å²) in [5, 5.41) is 15.5. The molecular weight excluding hydrogens is 531 g/mol. The zero-order chi connectivity index (χ0) is 28.3. The molecule has 12 heteroatoms. The van der Waals surface area contributed by atoms with Crippen molar-refractivity contribution in [1.82, 2.24) is 30.4 Å². The molecule has 41 heavy (non-hydrogen) atoms. The molecule has 3 heterocycles. The van der Waals surface area contributed by atoms with Gasteiger partial charge >= 0.3 is 0 Å². The van der Waals surface area contributed by atoms with Gasteiger partial charge in [-0.3, -0.25) is 9.59 Å². The number of aryl methyl sites for hydroxylation is 1. The van der Waals surface area contributed by atoms with Gasteiger partial charge in [-0.15, -0.1) is 10.2 Å². The van der Waals surface area contributed by atoms with Crippen molar-refractivity contribution in [3.05, 3.63) is 77.3 Å². The average Bonchev–Trinajstić information content (AvgIpc) is 3.77. The Balaban J connectivity index is 1.33. The number of hydrogen-bond acceptors (Lipinski definition) is 8. The van der Waals surface area contributed by atoms with E-state index in [1.807, 2.05) is 6.07 Å². The standard InChI is InChI=1S/C29H29FN6O5/c1-18-6-12-24(41-18)28-32-34-36(33-28)16-26(37)35(15-19-7-13-23-25(14-19)40-17-39-23)27(20-8-10-21(30)11-9-20)29(38)31-22-4-2-3-5-22/h6-14,22,27H,2-5,15-17H2,1H3,(H,31,38)/t27-/m1/s1. The Morgan fingerprint density at radius 1 is 1.07 bits per heavy atom. The van der Waals surface area contributed by atoms with Gasteiger partial charge in [0.25, 0.3) is 0 Å². The van der Waals surface area contributed by atoms with Gasteiger partial charge < -0.3 is 24.1 Å². The van der Waals surface area contributed by atoms with Crippen LogP contribution in [0.1, 0.15) is 48.6 Å². The molecule has 1 aliphatic carbocycles. The molecule has 0 bridgehead atoms. The van der Waals surface area contributed by atoms with E-state index in [9.17, 15) is 14.0 Å². The zero-order valence-electron chi connectivity index (χ0n) is 22.5. The molecule has 2 aromatic carbocycles. The highest BCUT2D eigenvalue weighted by atomic mass is 19.1. The number of halogens is 1. The summed E-state index contributed by atoms with van der Waals surface area (Å²) < 4.78 is 30.4. The monoisotopic (exact) mass is 560 g/mol. The normalized spacial score (nSPS) is 15.2. The predicted molar refractivity (Wildman–Crippen MR) is 143 cm³/mol. The van der Waals surface area contributed by atoms with E-state index in [0.29, 0.717) is 28.6 Å². The first-order chi connectivity index (χ1) is 19.9. The van der Waals surface area contributed by atoms with Gasteiger partial charge in [-0.2, -0.15) is 4.80 Å². The summed E-state index contributed by atoms with van der Waals surface area (Å²) in [6, 6.07) is 13.5. The van der Waals surface area contributed by atoms with E-state index in [0.717, 1.165) is 31.2 Å². The van der Waals surface area contributed by atoms with Crippen LogP contribution in [0.25, 0.3) is 11.6 Å². The summed E-state index contributed by atoms with van der Waals surface area (Å²) >= 11 is 0. The van der Waals surface area contributed by atoms with Crippen LogP contribution < -0.4 is 14.8 Å². The Morgan fingerprint density at radius 3 is 2.61 bits per heavy atom. The molecule has 6 rings (SSSR count). The Morgan fingerprint density at radius 2 is 1.85 bits per heavy atom. The fourth-order valence-corrected chi connectivity index (χ4v) is 5.20. The summed E-state index contributed by atoms with van der Waals surface area (Å²) in [4.78, 5) is 30.5. The second-order valence-electron chi connectivity index (χ2n) is 10.2. The number of furan rings is 1. The fourth-order valence-electron chi connectivity index (χ4n) is 5.20. The number of ether oxygens (including phenoxy) is 2. The molecule has 0 spiro atoms. The van der Waals surface area contributed by atoms with Gasteiger partial charge in [0.05, 0.1) is 0 Å². The molecule has 1 atom stereocenters. The predicted octanol–water partition coefficient (Wildman–Crippen LogP) is 3.94. The maximum atomic E-state index is 14.0. The minimum atomic E-state index is -1.04. The average molecular weight is 561 g/mol. The third kappa shape index (κ3) is 5.91. The lowest BCUT2D eigenvalue weighted by Gasteiger charge is -2.32. The largest absolute Gasteiger partial charge is 0.458 e. The van der Waals surface area contributed by atoms with Crippen molar-refractivity contribution in [1.29, 1.82) is 0 Å². The van der Waals surface area contributed by atoms with E-state index in [1.165, 1.54) is 34.0 Å². The maximum Gasteiger partial charge on any atom is 0.247 e. The van der Waals surface area contributed by atoms with Crippen molar-refractivity contribution in [2.75, 3.05) is 6.79 Å². The first kappa shape index (κ1) is 26.5. The molecule has 2 aromatic heterocycles. The Hall–Kier alpha value is -4.74. The molecule has 2 aliphatic rings. The number of amides is 2. The summed E-state index contributed by atoms with van der Waals surface area (Å²) in [5.41, 5.74) is 1.20. The molecule has 212 valence electrons. The van der Waals surface area contributed by atoms with E-state index in [-0.39, 0.29) is 37.7 Å². The highest BCUT2D eigenvalue weighted by Gasteiger charge is 2.34. The molecule has 1 aliphatic heterocycles. The lowest BCUT2D eigenvalue weighted by molar-refractivity contribution is -0.142. The van der Waals surface area contributed by atoms with Gasteiger partial charge in [0.15, 0.2) is 17.3 Å². The highest BCUT2D eigenvalue weighted by Crippen LogP contribution is 2.34. The van der Waals surface area contributed by atoms with E-state index >= 15 is 0 Å². The van der Waals surface area contributed by atoms with Crippen molar-refractivity contribution >= 4 is 11.8 Å². The van der Waals surface area contributed by atoms with Crippen LogP contribution in [0.5, 0.6) is 11.5 Å². The summed E-state index contributed by atoms with van der Waals surface area (Å²) in [7, 11) is 0. The van der Waals surface area contributed by atoms with Gasteiger partial charge in [0.1, 0.15) is 24.2 Å². The molecule has 0 unspecified atom stereocenters. The first-order valence-corrected chi connectivity index (χ1v) is 13.5.